The molecule has 0 fully saturated rings. The van der Waals surface area contributed by atoms with E-state index in [0.717, 1.165) is 16.4 Å². The lowest BCUT2D eigenvalue weighted by molar-refractivity contribution is -0.117. The largest absolute Gasteiger partial charge is 0.322 e. The van der Waals surface area contributed by atoms with Gasteiger partial charge >= 0.3 is 0 Å². The Balaban J connectivity index is 2.17. The quantitative estimate of drug-likeness (QED) is 0.923. The number of para-hydroxylation sites is 2. The molecule has 1 amide bonds. The Kier molecular flexibility index (Phi) is 4.28. The summed E-state index contributed by atoms with van der Waals surface area (Å²) >= 11 is 0. The summed E-state index contributed by atoms with van der Waals surface area (Å²) in [5, 5.41) is 2.75. The molecule has 0 saturated carbocycles. The minimum absolute atomic E-state index is 0.0468. The Morgan fingerprint density at radius 3 is 2.46 bits per heavy atom. The number of hydrogen-bond donors (Lipinski definition) is 1. The van der Waals surface area contributed by atoms with E-state index in [4.69, 9.17) is 0 Å². The Morgan fingerprint density at radius 1 is 1.12 bits per heavy atom. The molecule has 7 heteroatoms. The fourth-order valence-electron chi connectivity index (χ4n) is 2.80. The van der Waals surface area contributed by atoms with Crippen LogP contribution in [0.4, 0.5) is 15.8 Å². The predicted molar refractivity (Wildman–Crippen MR) is 89.8 cm³/mol. The van der Waals surface area contributed by atoms with Gasteiger partial charge in [-0.05, 0) is 42.8 Å². The first-order valence-electron chi connectivity index (χ1n) is 7.65. The van der Waals surface area contributed by atoms with Gasteiger partial charge in [-0.2, -0.15) is 0 Å². The van der Waals surface area contributed by atoms with Crippen LogP contribution in [0.15, 0.2) is 53.4 Å². The average molecular weight is 348 g/mol. The van der Waals surface area contributed by atoms with Crippen molar-refractivity contribution in [1.82, 2.24) is 0 Å². The van der Waals surface area contributed by atoms with E-state index in [1.54, 1.807) is 24.3 Å². The second-order valence-electron chi connectivity index (χ2n) is 5.57. The molecule has 2 aromatic carbocycles. The first-order valence-corrected chi connectivity index (χ1v) is 9.09. The summed E-state index contributed by atoms with van der Waals surface area (Å²) in [7, 11) is -3.99. The molecule has 5 nitrogen and oxygen atoms in total. The summed E-state index contributed by atoms with van der Waals surface area (Å²) < 4.78 is 40.5. The smallest absolute Gasteiger partial charge is 0.265 e. The van der Waals surface area contributed by atoms with Crippen LogP contribution in [0.3, 0.4) is 0 Å². The molecule has 0 saturated heterocycles. The normalized spacial score (nSPS) is 17.3. The van der Waals surface area contributed by atoms with Gasteiger partial charge in [0.2, 0.25) is 5.91 Å². The number of halogens is 1. The Hall–Kier alpha value is -2.41. The van der Waals surface area contributed by atoms with Crippen molar-refractivity contribution in [2.24, 2.45) is 0 Å². The van der Waals surface area contributed by atoms with Crippen molar-refractivity contribution >= 4 is 27.3 Å². The molecule has 126 valence electrons. The second-order valence-corrected chi connectivity index (χ2v) is 7.38. The number of hydrogen-bond acceptors (Lipinski definition) is 3. The number of amides is 1. The van der Waals surface area contributed by atoms with Crippen molar-refractivity contribution in [2.75, 3.05) is 9.62 Å². The van der Waals surface area contributed by atoms with Crippen molar-refractivity contribution in [3.63, 3.8) is 0 Å². The van der Waals surface area contributed by atoms with Crippen LogP contribution in [0, 0.1) is 5.82 Å². The Labute approximate surface area is 140 Å². The first-order chi connectivity index (χ1) is 11.4. The molecule has 0 aromatic heterocycles. The van der Waals surface area contributed by atoms with E-state index in [2.05, 4.69) is 5.32 Å². The third-order valence-corrected chi connectivity index (χ3v) is 5.75. The van der Waals surface area contributed by atoms with Gasteiger partial charge in [-0.15, -0.1) is 0 Å². The predicted octanol–water partition coefficient (Wildman–Crippen LogP) is 3.14. The highest BCUT2D eigenvalue weighted by atomic mass is 32.2. The van der Waals surface area contributed by atoms with E-state index in [9.17, 15) is 17.6 Å². The van der Waals surface area contributed by atoms with Crippen LogP contribution in [0.1, 0.15) is 19.8 Å². The minimum atomic E-state index is -3.99. The summed E-state index contributed by atoms with van der Waals surface area (Å²) in [5.74, 6) is -0.878. The summed E-state index contributed by atoms with van der Waals surface area (Å²) in [4.78, 5) is 12.4. The third-order valence-electron chi connectivity index (χ3n) is 3.92. The van der Waals surface area contributed by atoms with Crippen LogP contribution >= 0.6 is 0 Å². The maximum atomic E-state index is 13.1. The molecule has 0 radical (unpaired) electrons. The van der Waals surface area contributed by atoms with Crippen LogP contribution in [0.2, 0.25) is 0 Å². The molecular formula is C17H17FN2O3S. The molecule has 2 aromatic rings. The third kappa shape index (κ3) is 2.75. The zero-order chi connectivity index (χ0) is 17.3. The van der Waals surface area contributed by atoms with Gasteiger partial charge in [-0.1, -0.05) is 25.5 Å². The van der Waals surface area contributed by atoms with Crippen LogP contribution < -0.4 is 9.62 Å². The average Bonchev–Trinajstić information content (AvgIpc) is 2.56. The molecule has 0 bridgehead atoms. The summed E-state index contributed by atoms with van der Waals surface area (Å²) in [6.07, 6.45) is 1.04. The van der Waals surface area contributed by atoms with Gasteiger partial charge in [0.05, 0.1) is 16.3 Å². The highest BCUT2D eigenvalue weighted by molar-refractivity contribution is 7.93. The van der Waals surface area contributed by atoms with Crippen LogP contribution in [-0.2, 0) is 14.8 Å². The maximum Gasteiger partial charge on any atom is 0.265 e. The van der Waals surface area contributed by atoms with E-state index < -0.39 is 21.9 Å². The van der Waals surface area contributed by atoms with Gasteiger partial charge in [0.1, 0.15) is 11.9 Å². The number of rotatable bonds is 4. The van der Waals surface area contributed by atoms with Crippen molar-refractivity contribution < 1.29 is 17.6 Å². The van der Waals surface area contributed by atoms with Crippen molar-refractivity contribution in [1.29, 1.82) is 0 Å². The molecule has 0 spiro atoms. The number of nitrogens with zero attached hydrogens (tertiary/aromatic N) is 1. The van der Waals surface area contributed by atoms with E-state index in [0.29, 0.717) is 24.2 Å². The Bertz CT molecular complexity index is 866. The van der Waals surface area contributed by atoms with Gasteiger partial charge in [0.25, 0.3) is 10.0 Å². The topological polar surface area (TPSA) is 66.5 Å². The second kappa shape index (κ2) is 6.24. The number of carbonyl (C=O) groups excluding carboxylic acids is 1. The molecule has 1 aliphatic rings. The zero-order valence-electron chi connectivity index (χ0n) is 13.1. The fourth-order valence-corrected chi connectivity index (χ4v) is 4.46. The van der Waals surface area contributed by atoms with Crippen LogP contribution in [-0.4, -0.2) is 20.4 Å². The molecule has 3 rings (SSSR count). The first kappa shape index (κ1) is 16.4. The Morgan fingerprint density at radius 2 is 1.79 bits per heavy atom. The lowest BCUT2D eigenvalue weighted by Crippen LogP contribution is -2.50. The molecule has 24 heavy (non-hydrogen) atoms. The van der Waals surface area contributed by atoms with Crippen LogP contribution in [0.5, 0.6) is 0 Å². The summed E-state index contributed by atoms with van der Waals surface area (Å²) in [6, 6.07) is 10.5. The maximum absolute atomic E-state index is 13.1. The van der Waals surface area contributed by atoms with Gasteiger partial charge in [-0.25, -0.2) is 12.8 Å². The van der Waals surface area contributed by atoms with E-state index in [1.807, 2.05) is 6.92 Å². The number of benzene rings is 2. The SMILES string of the molecule is CCC[C@@H]1C(=O)Nc2ccccc2N1S(=O)(=O)c1ccc(F)cc1. The highest BCUT2D eigenvalue weighted by Gasteiger charge is 2.40. The molecule has 0 aliphatic carbocycles. The molecule has 1 aliphatic heterocycles. The minimum Gasteiger partial charge on any atom is -0.322 e. The standard InChI is InChI=1S/C17H17FN2O3S/c1-2-5-16-17(21)19-14-6-3-4-7-15(14)20(16)24(22,23)13-10-8-12(18)9-11-13/h3-4,6-11,16H,2,5H2,1H3,(H,19,21)/t16-/m1/s1. The highest BCUT2D eigenvalue weighted by Crippen LogP contribution is 2.37. The number of sulfonamides is 1. The van der Waals surface area contributed by atoms with Crippen LogP contribution in [0.25, 0.3) is 0 Å². The van der Waals surface area contributed by atoms with E-state index in [1.165, 1.54) is 12.1 Å². The summed E-state index contributed by atoms with van der Waals surface area (Å²) in [6.45, 7) is 1.89. The fraction of sp³-hybridized carbons (Fsp3) is 0.235. The number of fused-ring (bicyclic) bond motifs is 1. The molecule has 1 atom stereocenters. The number of anilines is 2. The van der Waals surface area contributed by atoms with Crippen molar-refractivity contribution in [2.45, 2.75) is 30.7 Å². The monoisotopic (exact) mass is 348 g/mol. The lowest BCUT2D eigenvalue weighted by Gasteiger charge is -2.36. The van der Waals surface area contributed by atoms with Gasteiger partial charge in [0, 0.05) is 0 Å². The van der Waals surface area contributed by atoms with Gasteiger partial charge < -0.3 is 5.32 Å². The number of carbonyl (C=O) groups is 1. The van der Waals surface area contributed by atoms with E-state index in [-0.39, 0.29) is 10.8 Å². The lowest BCUT2D eigenvalue weighted by atomic mass is 10.1. The molecular weight excluding hydrogens is 331 g/mol. The van der Waals surface area contributed by atoms with E-state index >= 15 is 0 Å². The van der Waals surface area contributed by atoms with Gasteiger partial charge in [-0.3, -0.25) is 9.10 Å². The molecule has 1 N–H and O–H groups in total. The summed E-state index contributed by atoms with van der Waals surface area (Å²) in [5.41, 5.74) is 0.861. The number of nitrogens with one attached hydrogen (secondary N) is 1. The van der Waals surface area contributed by atoms with Crippen molar-refractivity contribution in [3.05, 3.63) is 54.3 Å². The van der Waals surface area contributed by atoms with Crippen molar-refractivity contribution in [3.8, 4) is 0 Å². The molecule has 1 heterocycles. The van der Waals surface area contributed by atoms with Gasteiger partial charge in [0.15, 0.2) is 0 Å². The molecule has 0 unspecified atom stereocenters. The zero-order valence-corrected chi connectivity index (χ0v) is 13.9.